The van der Waals surface area contributed by atoms with Crippen molar-refractivity contribution in [3.8, 4) is 5.75 Å². The molecule has 1 fully saturated rings. The van der Waals surface area contributed by atoms with E-state index in [2.05, 4.69) is 33.8 Å². The van der Waals surface area contributed by atoms with Gasteiger partial charge in [0.25, 0.3) is 0 Å². The van der Waals surface area contributed by atoms with Crippen molar-refractivity contribution < 1.29 is 10.2 Å². The highest BCUT2D eigenvalue weighted by Gasteiger charge is 2.41. The standard InChI is InChI=1S/C16H24O2/c1-5-11-8-12(10-16(18)6-7-16)14(17)13(9-11)15(2,3)4/h8-9,17-18H,5-7,10H2,1-4H3. The Hall–Kier alpha value is -1.02. The Balaban J connectivity index is 2.44. The lowest BCUT2D eigenvalue weighted by Gasteiger charge is -2.24. The molecule has 2 nitrogen and oxygen atoms in total. The first-order valence-electron chi connectivity index (χ1n) is 6.83. The molecule has 0 atom stereocenters. The topological polar surface area (TPSA) is 40.5 Å². The van der Waals surface area contributed by atoms with Crippen LogP contribution in [-0.4, -0.2) is 15.8 Å². The summed E-state index contributed by atoms with van der Waals surface area (Å²) in [7, 11) is 0. The van der Waals surface area contributed by atoms with Crippen LogP contribution in [0.5, 0.6) is 5.75 Å². The van der Waals surface area contributed by atoms with E-state index in [-0.39, 0.29) is 5.41 Å². The number of benzene rings is 1. The molecule has 2 rings (SSSR count). The molecule has 1 aliphatic carbocycles. The third-order valence-corrected chi connectivity index (χ3v) is 3.81. The van der Waals surface area contributed by atoms with Crippen molar-refractivity contribution in [2.24, 2.45) is 0 Å². The van der Waals surface area contributed by atoms with Crippen molar-refractivity contribution in [1.29, 1.82) is 0 Å². The Morgan fingerprint density at radius 3 is 2.28 bits per heavy atom. The Morgan fingerprint density at radius 1 is 1.22 bits per heavy atom. The molecule has 1 saturated carbocycles. The van der Waals surface area contributed by atoms with Crippen LogP contribution in [0.25, 0.3) is 0 Å². The lowest BCUT2D eigenvalue weighted by atomic mass is 9.83. The van der Waals surface area contributed by atoms with Crippen LogP contribution in [0.1, 0.15) is 57.2 Å². The van der Waals surface area contributed by atoms with E-state index in [0.29, 0.717) is 12.2 Å². The average Bonchev–Trinajstić information content (AvgIpc) is 2.97. The van der Waals surface area contributed by atoms with E-state index in [4.69, 9.17) is 0 Å². The van der Waals surface area contributed by atoms with Crippen molar-refractivity contribution in [1.82, 2.24) is 0 Å². The fourth-order valence-corrected chi connectivity index (χ4v) is 2.35. The number of rotatable bonds is 3. The van der Waals surface area contributed by atoms with Crippen molar-refractivity contribution >= 4 is 0 Å². The summed E-state index contributed by atoms with van der Waals surface area (Å²) < 4.78 is 0. The first-order chi connectivity index (χ1) is 8.25. The normalized spacial score (nSPS) is 17.8. The Kier molecular flexibility index (Phi) is 3.18. The molecule has 2 heteroatoms. The van der Waals surface area contributed by atoms with Gasteiger partial charge in [-0.2, -0.15) is 0 Å². The minimum Gasteiger partial charge on any atom is -0.507 e. The van der Waals surface area contributed by atoms with Crippen LogP contribution < -0.4 is 0 Å². The van der Waals surface area contributed by atoms with E-state index >= 15 is 0 Å². The summed E-state index contributed by atoms with van der Waals surface area (Å²) in [6, 6.07) is 4.14. The minimum atomic E-state index is -0.557. The largest absolute Gasteiger partial charge is 0.507 e. The lowest BCUT2D eigenvalue weighted by molar-refractivity contribution is 0.150. The highest BCUT2D eigenvalue weighted by Crippen LogP contribution is 2.42. The molecule has 100 valence electrons. The second kappa shape index (κ2) is 4.27. The summed E-state index contributed by atoms with van der Waals surface area (Å²) >= 11 is 0. The number of hydrogen-bond donors (Lipinski definition) is 2. The summed E-state index contributed by atoms with van der Waals surface area (Å²) in [5.74, 6) is 0.375. The summed E-state index contributed by atoms with van der Waals surface area (Å²) in [6.07, 6.45) is 3.24. The van der Waals surface area contributed by atoms with Crippen molar-refractivity contribution in [2.75, 3.05) is 0 Å². The number of aromatic hydroxyl groups is 1. The molecule has 0 amide bonds. The number of phenols is 1. The monoisotopic (exact) mass is 248 g/mol. The Labute approximate surface area is 110 Å². The van der Waals surface area contributed by atoms with Crippen LogP contribution in [0, 0.1) is 0 Å². The molecule has 0 saturated heterocycles. The minimum absolute atomic E-state index is 0.0732. The number of aryl methyl sites for hydroxylation is 1. The lowest BCUT2D eigenvalue weighted by Crippen LogP contribution is -2.16. The van der Waals surface area contributed by atoms with E-state index < -0.39 is 5.60 Å². The molecule has 0 unspecified atom stereocenters. The fourth-order valence-electron chi connectivity index (χ4n) is 2.35. The summed E-state index contributed by atoms with van der Waals surface area (Å²) in [5, 5.41) is 20.5. The van der Waals surface area contributed by atoms with Gasteiger partial charge in [0.05, 0.1) is 5.60 Å². The van der Waals surface area contributed by atoms with Gasteiger partial charge in [0, 0.05) is 6.42 Å². The molecule has 2 N–H and O–H groups in total. The van der Waals surface area contributed by atoms with E-state index in [1.54, 1.807) is 0 Å². The zero-order valence-electron chi connectivity index (χ0n) is 11.9. The van der Waals surface area contributed by atoms with Crippen LogP contribution in [-0.2, 0) is 18.3 Å². The van der Waals surface area contributed by atoms with Gasteiger partial charge in [-0.1, -0.05) is 39.8 Å². The fraction of sp³-hybridized carbons (Fsp3) is 0.625. The molecule has 18 heavy (non-hydrogen) atoms. The molecule has 0 aliphatic heterocycles. The quantitative estimate of drug-likeness (QED) is 0.861. The molecular formula is C16H24O2. The first-order valence-corrected chi connectivity index (χ1v) is 6.83. The molecular weight excluding hydrogens is 224 g/mol. The average molecular weight is 248 g/mol. The van der Waals surface area contributed by atoms with Gasteiger partial charge in [0.15, 0.2) is 0 Å². The first kappa shape index (κ1) is 13.4. The second-order valence-electron chi connectivity index (χ2n) is 6.66. The predicted octanol–water partition coefficient (Wildman–Crippen LogP) is 3.32. The zero-order valence-corrected chi connectivity index (χ0v) is 11.9. The van der Waals surface area contributed by atoms with Crippen molar-refractivity contribution in [2.45, 2.75) is 64.4 Å². The van der Waals surface area contributed by atoms with E-state index in [0.717, 1.165) is 30.4 Å². The third-order valence-electron chi connectivity index (χ3n) is 3.81. The zero-order chi connectivity index (χ0) is 13.6. The highest BCUT2D eigenvalue weighted by atomic mass is 16.3. The van der Waals surface area contributed by atoms with Crippen molar-refractivity contribution in [3.63, 3.8) is 0 Å². The van der Waals surface area contributed by atoms with Crippen LogP contribution in [0.2, 0.25) is 0 Å². The maximum atomic E-state index is 10.4. The summed E-state index contributed by atoms with van der Waals surface area (Å²) in [4.78, 5) is 0. The predicted molar refractivity (Wildman–Crippen MR) is 74.1 cm³/mol. The van der Waals surface area contributed by atoms with E-state index in [1.807, 2.05) is 6.07 Å². The van der Waals surface area contributed by atoms with Crippen LogP contribution >= 0.6 is 0 Å². The Morgan fingerprint density at radius 2 is 1.83 bits per heavy atom. The molecule has 0 spiro atoms. The number of phenolic OH excluding ortho intramolecular Hbond substituents is 1. The molecule has 0 heterocycles. The maximum Gasteiger partial charge on any atom is 0.122 e. The molecule has 0 radical (unpaired) electrons. The summed E-state index contributed by atoms with van der Waals surface area (Å²) in [5.41, 5.74) is 2.49. The molecule has 1 aliphatic rings. The molecule has 1 aromatic carbocycles. The van der Waals surface area contributed by atoms with Gasteiger partial charge in [-0.15, -0.1) is 0 Å². The van der Waals surface area contributed by atoms with Gasteiger partial charge >= 0.3 is 0 Å². The number of hydrogen-bond acceptors (Lipinski definition) is 2. The molecule has 0 aromatic heterocycles. The molecule has 0 bridgehead atoms. The van der Waals surface area contributed by atoms with E-state index in [9.17, 15) is 10.2 Å². The van der Waals surface area contributed by atoms with Crippen molar-refractivity contribution in [3.05, 3.63) is 28.8 Å². The van der Waals surface area contributed by atoms with Gasteiger partial charge < -0.3 is 10.2 Å². The van der Waals surface area contributed by atoms with Crippen LogP contribution in [0.4, 0.5) is 0 Å². The van der Waals surface area contributed by atoms with Crippen LogP contribution in [0.15, 0.2) is 12.1 Å². The van der Waals surface area contributed by atoms with E-state index in [1.165, 1.54) is 5.56 Å². The van der Waals surface area contributed by atoms with Gasteiger partial charge in [-0.05, 0) is 41.4 Å². The number of aliphatic hydroxyl groups is 1. The second-order valence-corrected chi connectivity index (χ2v) is 6.66. The van der Waals surface area contributed by atoms with Gasteiger partial charge in [0.1, 0.15) is 5.75 Å². The van der Waals surface area contributed by atoms with Gasteiger partial charge in [-0.3, -0.25) is 0 Å². The smallest absolute Gasteiger partial charge is 0.122 e. The van der Waals surface area contributed by atoms with Gasteiger partial charge in [0.2, 0.25) is 0 Å². The highest BCUT2D eigenvalue weighted by molar-refractivity contribution is 5.48. The third kappa shape index (κ3) is 2.69. The SMILES string of the molecule is CCc1cc(CC2(O)CC2)c(O)c(C(C)(C)C)c1. The van der Waals surface area contributed by atoms with Gasteiger partial charge in [-0.25, -0.2) is 0 Å². The van der Waals surface area contributed by atoms with Crippen LogP contribution in [0.3, 0.4) is 0 Å². The Bertz CT molecular complexity index is 451. The maximum absolute atomic E-state index is 10.4. The molecule has 1 aromatic rings. The summed E-state index contributed by atoms with van der Waals surface area (Å²) in [6.45, 7) is 8.44.